The summed E-state index contributed by atoms with van der Waals surface area (Å²) in [6, 6.07) is 1.89. The maximum atomic E-state index is 13.1. The van der Waals surface area contributed by atoms with Crippen LogP contribution in [-0.2, 0) is 6.54 Å². The summed E-state index contributed by atoms with van der Waals surface area (Å²) in [4.78, 5) is 10.1. The molecule has 1 aromatic carbocycles. The van der Waals surface area contributed by atoms with Gasteiger partial charge in [-0.3, -0.25) is 0 Å². The zero-order valence-electron chi connectivity index (χ0n) is 6.85. The maximum Gasteiger partial charge on any atom is 0.404 e. The first kappa shape index (κ1) is 10.9. The summed E-state index contributed by atoms with van der Waals surface area (Å²) >= 11 is 2.81. The molecule has 0 spiro atoms. The fraction of sp³-hybridized carbons (Fsp3) is 0.125. The lowest BCUT2D eigenvalue weighted by atomic mass is 10.2. The number of nitrogens with one attached hydrogen (secondary N) is 1. The average molecular weight is 266 g/mol. The van der Waals surface area contributed by atoms with E-state index in [1.54, 1.807) is 0 Å². The molecule has 0 unspecified atom stereocenters. The highest BCUT2D eigenvalue weighted by Crippen LogP contribution is 2.19. The SMILES string of the molecule is O=C(O)NCc1cc(F)c(Br)cc1F. The highest BCUT2D eigenvalue weighted by atomic mass is 79.9. The van der Waals surface area contributed by atoms with Gasteiger partial charge in [0.25, 0.3) is 0 Å². The van der Waals surface area contributed by atoms with Gasteiger partial charge in [-0.2, -0.15) is 0 Å². The topological polar surface area (TPSA) is 49.3 Å². The Balaban J connectivity index is 2.87. The summed E-state index contributed by atoms with van der Waals surface area (Å²) < 4.78 is 26.0. The van der Waals surface area contributed by atoms with Crippen LogP contribution in [0.15, 0.2) is 16.6 Å². The van der Waals surface area contributed by atoms with Crippen molar-refractivity contribution in [3.05, 3.63) is 33.8 Å². The third kappa shape index (κ3) is 2.66. The third-order valence-corrected chi connectivity index (χ3v) is 2.13. The van der Waals surface area contributed by atoms with E-state index >= 15 is 0 Å². The van der Waals surface area contributed by atoms with E-state index in [1.165, 1.54) is 0 Å². The molecule has 0 atom stereocenters. The summed E-state index contributed by atoms with van der Waals surface area (Å²) in [5, 5.41) is 10.2. The van der Waals surface area contributed by atoms with E-state index in [9.17, 15) is 13.6 Å². The van der Waals surface area contributed by atoms with Crippen LogP contribution in [0.1, 0.15) is 5.56 Å². The minimum Gasteiger partial charge on any atom is -0.465 e. The van der Waals surface area contributed by atoms with Gasteiger partial charge in [0.05, 0.1) is 4.47 Å². The lowest BCUT2D eigenvalue weighted by Crippen LogP contribution is -2.20. The molecule has 0 radical (unpaired) electrons. The largest absolute Gasteiger partial charge is 0.465 e. The van der Waals surface area contributed by atoms with Gasteiger partial charge < -0.3 is 10.4 Å². The van der Waals surface area contributed by atoms with Gasteiger partial charge in [0.1, 0.15) is 11.6 Å². The molecule has 0 bridgehead atoms. The molecule has 0 saturated carbocycles. The van der Waals surface area contributed by atoms with E-state index in [2.05, 4.69) is 15.9 Å². The first-order chi connectivity index (χ1) is 6.50. The second-order valence-corrected chi connectivity index (χ2v) is 3.37. The van der Waals surface area contributed by atoms with Gasteiger partial charge in [-0.25, -0.2) is 13.6 Å². The van der Waals surface area contributed by atoms with Crippen LogP contribution in [0.3, 0.4) is 0 Å². The predicted octanol–water partition coefficient (Wildman–Crippen LogP) is 2.49. The monoisotopic (exact) mass is 265 g/mol. The van der Waals surface area contributed by atoms with Crippen LogP contribution < -0.4 is 5.32 Å². The molecule has 1 amide bonds. The summed E-state index contributed by atoms with van der Waals surface area (Å²) in [5.74, 6) is -1.29. The van der Waals surface area contributed by atoms with E-state index in [0.29, 0.717) is 0 Å². The lowest BCUT2D eigenvalue weighted by Gasteiger charge is -2.04. The van der Waals surface area contributed by atoms with Crippen LogP contribution in [0, 0.1) is 11.6 Å². The minimum absolute atomic E-state index is 0.00840. The normalized spacial score (nSPS) is 9.93. The van der Waals surface area contributed by atoms with Crippen molar-refractivity contribution in [3.63, 3.8) is 0 Å². The first-order valence-corrected chi connectivity index (χ1v) is 4.40. The zero-order valence-corrected chi connectivity index (χ0v) is 8.44. The molecule has 2 N–H and O–H groups in total. The Labute approximate surface area is 86.9 Å². The minimum atomic E-state index is -1.28. The maximum absolute atomic E-state index is 13.1. The van der Waals surface area contributed by atoms with Gasteiger partial charge in [0, 0.05) is 12.1 Å². The van der Waals surface area contributed by atoms with E-state index in [0.717, 1.165) is 12.1 Å². The second kappa shape index (κ2) is 4.36. The van der Waals surface area contributed by atoms with Crippen LogP contribution in [0.5, 0.6) is 0 Å². The number of benzene rings is 1. The van der Waals surface area contributed by atoms with E-state index < -0.39 is 17.7 Å². The molecule has 0 aliphatic rings. The number of hydrogen-bond acceptors (Lipinski definition) is 1. The Bertz CT molecular complexity index is 371. The first-order valence-electron chi connectivity index (χ1n) is 3.61. The third-order valence-electron chi connectivity index (χ3n) is 1.52. The Morgan fingerprint density at radius 2 is 2.07 bits per heavy atom. The van der Waals surface area contributed by atoms with Crippen LogP contribution in [0.4, 0.5) is 13.6 Å². The molecule has 0 aliphatic carbocycles. The van der Waals surface area contributed by atoms with E-state index in [-0.39, 0.29) is 16.6 Å². The van der Waals surface area contributed by atoms with Crippen LogP contribution in [0.25, 0.3) is 0 Å². The molecule has 1 rings (SSSR count). The number of amides is 1. The Morgan fingerprint density at radius 1 is 1.43 bits per heavy atom. The van der Waals surface area contributed by atoms with Crippen LogP contribution >= 0.6 is 15.9 Å². The smallest absolute Gasteiger partial charge is 0.404 e. The molecule has 0 fully saturated rings. The standard InChI is InChI=1S/C8H6BrF2NO2/c9-5-2-6(10)4(1-7(5)11)3-12-8(13)14/h1-2,12H,3H2,(H,13,14). The highest BCUT2D eigenvalue weighted by Gasteiger charge is 2.08. The molecule has 0 aliphatic heterocycles. The number of hydrogen-bond donors (Lipinski definition) is 2. The van der Waals surface area contributed by atoms with Crippen molar-refractivity contribution in [1.82, 2.24) is 5.32 Å². The van der Waals surface area contributed by atoms with Gasteiger partial charge in [0.2, 0.25) is 0 Å². The lowest BCUT2D eigenvalue weighted by molar-refractivity contribution is 0.194. The van der Waals surface area contributed by atoms with E-state index in [1.807, 2.05) is 5.32 Å². The Kier molecular flexibility index (Phi) is 3.40. The molecule has 14 heavy (non-hydrogen) atoms. The number of rotatable bonds is 2. The van der Waals surface area contributed by atoms with Crippen molar-refractivity contribution >= 4 is 22.0 Å². The summed E-state index contributed by atoms with van der Waals surface area (Å²) in [7, 11) is 0. The van der Waals surface area contributed by atoms with Crippen LogP contribution in [-0.4, -0.2) is 11.2 Å². The van der Waals surface area contributed by atoms with Gasteiger partial charge in [-0.1, -0.05) is 0 Å². The number of carboxylic acid groups (broad SMARTS) is 1. The quantitative estimate of drug-likeness (QED) is 0.808. The molecule has 0 aromatic heterocycles. The summed E-state index contributed by atoms with van der Waals surface area (Å²) in [6.07, 6.45) is -1.28. The van der Waals surface area contributed by atoms with Crippen molar-refractivity contribution < 1.29 is 18.7 Å². The predicted molar refractivity (Wildman–Crippen MR) is 48.9 cm³/mol. The molecule has 0 saturated heterocycles. The fourth-order valence-corrected chi connectivity index (χ4v) is 1.19. The van der Waals surface area contributed by atoms with Crippen molar-refractivity contribution in [3.8, 4) is 0 Å². The average Bonchev–Trinajstić information content (AvgIpc) is 2.09. The van der Waals surface area contributed by atoms with E-state index in [4.69, 9.17) is 5.11 Å². The zero-order chi connectivity index (χ0) is 10.7. The second-order valence-electron chi connectivity index (χ2n) is 2.52. The van der Waals surface area contributed by atoms with Gasteiger partial charge in [0.15, 0.2) is 0 Å². The Morgan fingerprint density at radius 3 is 2.64 bits per heavy atom. The molecule has 6 heteroatoms. The Hall–Kier alpha value is -1.17. The number of halogens is 3. The van der Waals surface area contributed by atoms with Gasteiger partial charge in [-0.05, 0) is 28.1 Å². The molecule has 76 valence electrons. The highest BCUT2D eigenvalue weighted by molar-refractivity contribution is 9.10. The summed E-state index contributed by atoms with van der Waals surface area (Å²) in [5.41, 5.74) is -0.0342. The van der Waals surface area contributed by atoms with Gasteiger partial charge in [-0.15, -0.1) is 0 Å². The molecular formula is C8H6BrF2NO2. The molecule has 0 heterocycles. The number of carbonyl (C=O) groups is 1. The van der Waals surface area contributed by atoms with Crippen molar-refractivity contribution in [2.75, 3.05) is 0 Å². The van der Waals surface area contributed by atoms with Crippen molar-refractivity contribution in [2.24, 2.45) is 0 Å². The molecule has 1 aromatic rings. The summed E-state index contributed by atoms with van der Waals surface area (Å²) in [6.45, 7) is -0.259. The van der Waals surface area contributed by atoms with Crippen molar-refractivity contribution in [2.45, 2.75) is 6.54 Å². The molecule has 3 nitrogen and oxygen atoms in total. The van der Waals surface area contributed by atoms with Gasteiger partial charge >= 0.3 is 6.09 Å². The fourth-order valence-electron chi connectivity index (χ4n) is 0.870. The molecular weight excluding hydrogens is 260 g/mol. The van der Waals surface area contributed by atoms with Crippen LogP contribution in [0.2, 0.25) is 0 Å². The van der Waals surface area contributed by atoms with Crippen molar-refractivity contribution in [1.29, 1.82) is 0 Å².